The van der Waals surface area contributed by atoms with E-state index in [2.05, 4.69) is 70.3 Å². The third-order valence-electron chi connectivity index (χ3n) is 5.59. The van der Waals surface area contributed by atoms with Crippen molar-refractivity contribution in [3.05, 3.63) is 41.7 Å². The third kappa shape index (κ3) is 5.01. The molecule has 8 heteroatoms. The third-order valence-corrected chi connectivity index (χ3v) is 6.53. The lowest BCUT2D eigenvalue weighted by Crippen LogP contribution is -2.15. The Morgan fingerprint density at radius 1 is 1.19 bits per heavy atom. The van der Waals surface area contributed by atoms with Gasteiger partial charge in [0.2, 0.25) is 5.91 Å². The van der Waals surface area contributed by atoms with E-state index >= 15 is 0 Å². The van der Waals surface area contributed by atoms with Crippen LogP contribution in [0.1, 0.15) is 63.8 Å². The monoisotopic (exact) mass is 439 g/mol. The van der Waals surface area contributed by atoms with Gasteiger partial charge < -0.3 is 9.84 Å². The summed E-state index contributed by atoms with van der Waals surface area (Å²) in [7, 11) is 0. The van der Waals surface area contributed by atoms with Crippen LogP contribution in [0.15, 0.2) is 40.0 Å². The summed E-state index contributed by atoms with van der Waals surface area (Å²) >= 11 is 1.41. The highest BCUT2D eigenvalue weighted by molar-refractivity contribution is 7.99. The topological polar surface area (TPSA) is 85.8 Å². The molecule has 4 rings (SSSR count). The molecule has 0 unspecified atom stereocenters. The van der Waals surface area contributed by atoms with Crippen molar-refractivity contribution in [2.45, 2.75) is 70.0 Å². The SMILES string of the molecule is Cc1cc(NC(=O)CSc2nnc(-c3ccc(C(C)(C)C)cc3)n2C2CCCC2)no1. The highest BCUT2D eigenvalue weighted by Crippen LogP contribution is 2.37. The van der Waals surface area contributed by atoms with Crippen molar-refractivity contribution in [1.29, 1.82) is 0 Å². The zero-order valence-corrected chi connectivity index (χ0v) is 19.3. The van der Waals surface area contributed by atoms with Crippen molar-refractivity contribution in [3.63, 3.8) is 0 Å². The number of aryl methyl sites for hydroxylation is 1. The largest absolute Gasteiger partial charge is 0.360 e. The maximum absolute atomic E-state index is 12.4. The number of rotatable bonds is 6. The molecule has 0 bridgehead atoms. The van der Waals surface area contributed by atoms with Crippen LogP contribution in [0.5, 0.6) is 0 Å². The molecule has 2 aromatic heterocycles. The van der Waals surface area contributed by atoms with Gasteiger partial charge >= 0.3 is 0 Å². The molecule has 7 nitrogen and oxygen atoms in total. The first-order valence-corrected chi connectivity index (χ1v) is 11.7. The Morgan fingerprint density at radius 3 is 2.52 bits per heavy atom. The number of amides is 1. The standard InChI is InChI=1S/C23H29N5O2S/c1-15-13-19(27-30-15)24-20(29)14-31-22-26-25-21(28(22)18-7-5-6-8-18)16-9-11-17(12-10-16)23(2,3)4/h9-13,18H,5-8,14H2,1-4H3,(H,24,27,29). The summed E-state index contributed by atoms with van der Waals surface area (Å²) in [6.45, 7) is 8.42. The summed E-state index contributed by atoms with van der Waals surface area (Å²) in [6.07, 6.45) is 4.65. The highest BCUT2D eigenvalue weighted by atomic mass is 32.2. The van der Waals surface area contributed by atoms with Crippen LogP contribution in [0.4, 0.5) is 5.82 Å². The average Bonchev–Trinajstić information content (AvgIpc) is 3.46. The number of carbonyl (C=O) groups excluding carboxylic acids is 1. The van der Waals surface area contributed by atoms with Crippen molar-refractivity contribution in [1.82, 2.24) is 19.9 Å². The quantitative estimate of drug-likeness (QED) is 0.519. The van der Waals surface area contributed by atoms with Crippen LogP contribution in [-0.2, 0) is 10.2 Å². The summed E-state index contributed by atoms with van der Waals surface area (Å²) in [5, 5.41) is 16.3. The minimum atomic E-state index is -0.143. The molecule has 1 N–H and O–H groups in total. The molecule has 1 aliphatic carbocycles. The van der Waals surface area contributed by atoms with E-state index in [-0.39, 0.29) is 17.1 Å². The lowest BCUT2D eigenvalue weighted by molar-refractivity contribution is -0.113. The maximum Gasteiger partial charge on any atom is 0.236 e. The van der Waals surface area contributed by atoms with Gasteiger partial charge in [0.25, 0.3) is 0 Å². The molecule has 1 aliphatic rings. The number of hydrogen-bond donors (Lipinski definition) is 1. The van der Waals surface area contributed by atoms with Crippen molar-refractivity contribution >= 4 is 23.5 Å². The van der Waals surface area contributed by atoms with Gasteiger partial charge in [-0.2, -0.15) is 0 Å². The predicted molar refractivity (Wildman–Crippen MR) is 122 cm³/mol. The fraction of sp³-hybridized carbons (Fsp3) is 0.478. The first-order valence-electron chi connectivity index (χ1n) is 10.7. The summed E-state index contributed by atoms with van der Waals surface area (Å²) in [5.74, 6) is 2.06. The number of carbonyl (C=O) groups is 1. The Kier molecular flexibility index (Phi) is 6.18. The summed E-state index contributed by atoms with van der Waals surface area (Å²) < 4.78 is 7.23. The zero-order chi connectivity index (χ0) is 22.0. The molecular formula is C23H29N5O2S. The van der Waals surface area contributed by atoms with Gasteiger partial charge in [0.05, 0.1) is 5.75 Å². The van der Waals surface area contributed by atoms with E-state index in [1.54, 1.807) is 13.0 Å². The van der Waals surface area contributed by atoms with Crippen molar-refractivity contribution < 1.29 is 9.32 Å². The average molecular weight is 440 g/mol. The fourth-order valence-corrected chi connectivity index (χ4v) is 4.72. The van der Waals surface area contributed by atoms with Crippen LogP contribution < -0.4 is 5.32 Å². The van der Waals surface area contributed by atoms with E-state index in [1.165, 1.54) is 30.2 Å². The minimum Gasteiger partial charge on any atom is -0.360 e. The molecule has 1 aromatic carbocycles. The Balaban J connectivity index is 1.54. The van der Waals surface area contributed by atoms with Gasteiger partial charge in [0, 0.05) is 17.7 Å². The Labute approximate surface area is 187 Å². The van der Waals surface area contributed by atoms with Gasteiger partial charge in [-0.1, -0.05) is 74.8 Å². The number of aromatic nitrogens is 4. The molecule has 1 fully saturated rings. The summed E-state index contributed by atoms with van der Waals surface area (Å²) in [6, 6.07) is 10.7. The number of thioether (sulfide) groups is 1. The molecule has 0 spiro atoms. The normalized spacial score (nSPS) is 14.8. The van der Waals surface area contributed by atoms with Gasteiger partial charge in [-0.15, -0.1) is 10.2 Å². The Bertz CT molecular complexity index is 1040. The molecule has 164 valence electrons. The fourth-order valence-electron chi connectivity index (χ4n) is 3.92. The molecule has 0 saturated heterocycles. The first-order chi connectivity index (χ1) is 14.8. The Hall–Kier alpha value is -2.61. The lowest BCUT2D eigenvalue weighted by Gasteiger charge is -2.20. The number of nitrogens with zero attached hydrogens (tertiary/aromatic N) is 4. The number of nitrogens with one attached hydrogen (secondary N) is 1. The molecule has 0 radical (unpaired) electrons. The van der Waals surface area contributed by atoms with E-state index in [4.69, 9.17) is 4.52 Å². The number of hydrogen-bond acceptors (Lipinski definition) is 6. The molecule has 0 aliphatic heterocycles. The second-order valence-electron chi connectivity index (χ2n) is 9.10. The van der Waals surface area contributed by atoms with Gasteiger partial charge in [-0.05, 0) is 30.7 Å². The second-order valence-corrected chi connectivity index (χ2v) is 10.0. The van der Waals surface area contributed by atoms with E-state index in [0.29, 0.717) is 17.6 Å². The number of benzene rings is 1. The molecule has 1 saturated carbocycles. The van der Waals surface area contributed by atoms with Crippen LogP contribution in [0, 0.1) is 6.92 Å². The predicted octanol–water partition coefficient (Wildman–Crippen LogP) is 5.38. The van der Waals surface area contributed by atoms with E-state index in [1.807, 2.05) is 0 Å². The van der Waals surface area contributed by atoms with E-state index < -0.39 is 0 Å². The molecule has 31 heavy (non-hydrogen) atoms. The van der Waals surface area contributed by atoms with Gasteiger partial charge in [0.1, 0.15) is 5.76 Å². The Morgan fingerprint density at radius 2 is 1.90 bits per heavy atom. The molecule has 2 heterocycles. The molecule has 1 amide bonds. The first kappa shape index (κ1) is 21.6. The lowest BCUT2D eigenvalue weighted by atomic mass is 9.86. The summed E-state index contributed by atoms with van der Waals surface area (Å²) in [4.78, 5) is 12.4. The maximum atomic E-state index is 12.4. The van der Waals surface area contributed by atoms with Crippen molar-refractivity contribution in [2.24, 2.45) is 0 Å². The van der Waals surface area contributed by atoms with Gasteiger partial charge in [-0.3, -0.25) is 9.36 Å². The van der Waals surface area contributed by atoms with Crippen molar-refractivity contribution in [2.75, 3.05) is 11.1 Å². The smallest absolute Gasteiger partial charge is 0.236 e. The van der Waals surface area contributed by atoms with Crippen LogP contribution >= 0.6 is 11.8 Å². The van der Waals surface area contributed by atoms with Crippen LogP contribution in [0.3, 0.4) is 0 Å². The number of anilines is 1. The summed E-state index contributed by atoms with van der Waals surface area (Å²) in [5.41, 5.74) is 2.45. The van der Waals surface area contributed by atoms with Crippen LogP contribution in [-0.4, -0.2) is 31.6 Å². The highest BCUT2D eigenvalue weighted by Gasteiger charge is 2.25. The molecule has 3 aromatic rings. The van der Waals surface area contributed by atoms with E-state index in [9.17, 15) is 4.79 Å². The van der Waals surface area contributed by atoms with Gasteiger partial charge in [0.15, 0.2) is 16.8 Å². The van der Waals surface area contributed by atoms with Crippen LogP contribution in [0.25, 0.3) is 11.4 Å². The molecular weight excluding hydrogens is 410 g/mol. The molecule has 0 atom stereocenters. The van der Waals surface area contributed by atoms with Crippen molar-refractivity contribution in [3.8, 4) is 11.4 Å². The second kappa shape index (κ2) is 8.86. The van der Waals surface area contributed by atoms with Gasteiger partial charge in [-0.25, -0.2) is 0 Å². The van der Waals surface area contributed by atoms with E-state index in [0.717, 1.165) is 29.4 Å². The van der Waals surface area contributed by atoms with Crippen LogP contribution in [0.2, 0.25) is 0 Å². The zero-order valence-electron chi connectivity index (χ0n) is 18.5. The minimum absolute atomic E-state index is 0.106.